The molecule has 7 heteroatoms. The van der Waals surface area contributed by atoms with Gasteiger partial charge in [-0.15, -0.1) is 0 Å². The second kappa shape index (κ2) is 23.5. The fourth-order valence-electron chi connectivity index (χ4n) is 6.06. The van der Waals surface area contributed by atoms with Crippen LogP contribution in [0.5, 0.6) is 0 Å². The van der Waals surface area contributed by atoms with Crippen molar-refractivity contribution in [2.24, 2.45) is 0 Å². The van der Waals surface area contributed by atoms with Gasteiger partial charge in [0.25, 0.3) is 0 Å². The number of allylic oxidation sites excluding steroid dienone is 2. The van der Waals surface area contributed by atoms with Gasteiger partial charge in [0.2, 0.25) is 0 Å². The summed E-state index contributed by atoms with van der Waals surface area (Å²) >= 11 is -6.02. The number of rotatable bonds is 9. The first kappa shape index (κ1) is 48.3. The minimum Gasteiger partial charge on any atom is -0.0312 e. The fraction of sp³-hybridized carbons (Fsp3) is 0.102. The Kier molecular flexibility index (Phi) is 20.3. The van der Waals surface area contributed by atoms with E-state index in [9.17, 15) is 9.59 Å². The molecule has 0 aliphatic heterocycles. The number of benzene rings is 3. The molecular formula is C49H47Fe2O4Sb+4. The molecule has 7 rings (SSSR count). The van der Waals surface area contributed by atoms with Crippen molar-refractivity contribution in [1.29, 1.82) is 0 Å². The molecule has 56 heavy (non-hydrogen) atoms. The molecule has 3 aromatic carbocycles. The Morgan fingerprint density at radius 3 is 0.875 bits per heavy atom. The second-order valence-corrected chi connectivity index (χ2v) is 24.1. The smallest absolute Gasteiger partial charge is 0.0312 e. The Morgan fingerprint density at radius 1 is 0.411 bits per heavy atom. The summed E-state index contributed by atoms with van der Waals surface area (Å²) in [5.41, 5.74) is 4.61. The second-order valence-electron chi connectivity index (χ2n) is 13.2. The fourth-order valence-corrected chi connectivity index (χ4v) is 18.7. The normalized spacial score (nSPS) is 18.2. The summed E-state index contributed by atoms with van der Waals surface area (Å²) in [5, 5.41) is 0. The van der Waals surface area contributed by atoms with Crippen LogP contribution in [0, 0.1) is 148 Å². The van der Waals surface area contributed by atoms with Crippen LogP contribution < -0.4 is 10.5 Å². The molecule has 3 aromatic rings. The van der Waals surface area contributed by atoms with Crippen molar-refractivity contribution in [3.8, 4) is 0 Å². The third-order valence-corrected chi connectivity index (χ3v) is 22.7. The minimum absolute atomic E-state index is 0. The van der Waals surface area contributed by atoms with Gasteiger partial charge in [-0.05, 0) is 64.2 Å². The Balaban J connectivity index is 0.000000608. The molecule has 0 atom stereocenters. The average molecular weight is 933 g/mol. The summed E-state index contributed by atoms with van der Waals surface area (Å²) in [6.07, 6.45) is 38.5. The summed E-state index contributed by atoms with van der Waals surface area (Å²) in [4.78, 5) is 28.5. The van der Waals surface area contributed by atoms with Crippen molar-refractivity contribution in [3.05, 3.63) is 240 Å². The monoisotopic (exact) mass is 932 g/mol. The molecule has 4 aliphatic rings. The molecule has 20 radical (unpaired) electrons. The van der Waals surface area contributed by atoms with Crippen LogP contribution in [0.2, 0.25) is 0 Å². The first-order valence-corrected chi connectivity index (χ1v) is 23.9. The van der Waals surface area contributed by atoms with Gasteiger partial charge < -0.3 is 0 Å². The molecule has 0 amide bonds. The van der Waals surface area contributed by atoms with Gasteiger partial charge in [0, 0.05) is 0 Å². The maximum Gasteiger partial charge on any atom is 2.00 e. The summed E-state index contributed by atoms with van der Waals surface area (Å²) in [5.74, 6) is 0.692. The van der Waals surface area contributed by atoms with Crippen molar-refractivity contribution in [2.45, 2.75) is 34.6 Å². The quantitative estimate of drug-likeness (QED) is 0.162. The maximum absolute atomic E-state index is 14.2. The van der Waals surface area contributed by atoms with E-state index < -0.39 is 30.2 Å². The minimum atomic E-state index is -6.02. The molecule has 4 nitrogen and oxygen atoms in total. The first-order valence-electron chi connectivity index (χ1n) is 18.0. The maximum atomic E-state index is 14.2. The van der Waals surface area contributed by atoms with Gasteiger partial charge in [0.15, 0.2) is 0 Å². The van der Waals surface area contributed by atoms with E-state index >= 15 is 0 Å². The van der Waals surface area contributed by atoms with E-state index in [2.05, 4.69) is 0 Å². The number of carbonyl (C=O) groups excluding carboxylic acids is 2. The van der Waals surface area contributed by atoms with Crippen LogP contribution in [0.4, 0.5) is 0 Å². The molecule has 0 unspecified atom stereocenters. The van der Waals surface area contributed by atoms with Crippen LogP contribution in [0.15, 0.2) is 96.1 Å². The summed E-state index contributed by atoms with van der Waals surface area (Å²) in [6.45, 7) is 9.75. The van der Waals surface area contributed by atoms with E-state index in [-0.39, 0.29) is 34.1 Å². The van der Waals surface area contributed by atoms with E-state index in [0.717, 1.165) is 39.7 Å². The Bertz CT molecular complexity index is 1520. The zero-order chi connectivity index (χ0) is 38.4. The van der Waals surface area contributed by atoms with Crippen molar-refractivity contribution in [2.75, 3.05) is 0 Å². The van der Waals surface area contributed by atoms with Gasteiger partial charge in [0.05, 0.1) is 0 Å². The van der Waals surface area contributed by atoms with Gasteiger partial charge in [-0.25, -0.2) is 0 Å². The molecule has 0 aromatic heterocycles. The molecule has 0 N–H and O–H groups in total. The van der Waals surface area contributed by atoms with E-state index in [1.807, 2.05) is 223 Å². The molecule has 0 bridgehead atoms. The van der Waals surface area contributed by atoms with E-state index in [1.54, 1.807) is 0 Å². The SMILES string of the molecule is C/C(=C\C(=O)[O][Sb]([O]C(=O)/C=C(\C)[C]1[CH][CH][CH][CH]1)([c]1ccc(C)cc1)([c]1ccc(C)cc1)[c]1ccc(C)cc1)[C]1[CH][CH][CH][CH]1.[CH]1[CH][CH][CH][CH]1.[CH]1[CH][CH][CH][CH]1.[Fe+2].[Fe+2]. The Morgan fingerprint density at radius 2 is 0.643 bits per heavy atom. The number of hydrogen-bond acceptors (Lipinski definition) is 4. The van der Waals surface area contributed by atoms with Crippen LogP contribution in [0.25, 0.3) is 0 Å². The van der Waals surface area contributed by atoms with Crippen molar-refractivity contribution < 1.29 is 49.8 Å². The van der Waals surface area contributed by atoms with Gasteiger partial charge in [-0.3, -0.25) is 0 Å². The van der Waals surface area contributed by atoms with Gasteiger partial charge in [0.1, 0.15) is 0 Å². The third kappa shape index (κ3) is 12.5. The molecule has 0 heterocycles. The van der Waals surface area contributed by atoms with E-state index in [1.165, 1.54) is 12.2 Å². The number of aryl methyl sites for hydroxylation is 3. The number of hydrogen-bond donors (Lipinski definition) is 0. The van der Waals surface area contributed by atoms with Crippen LogP contribution in [0.3, 0.4) is 0 Å². The summed E-state index contributed by atoms with van der Waals surface area (Å²) in [7, 11) is 0. The molecule has 4 fully saturated rings. The van der Waals surface area contributed by atoms with Crippen LogP contribution in [0.1, 0.15) is 30.5 Å². The molecule has 4 saturated carbocycles. The predicted octanol–water partition coefficient (Wildman–Crippen LogP) is 7.86. The van der Waals surface area contributed by atoms with Gasteiger partial charge in [-0.1, -0.05) is 0 Å². The van der Waals surface area contributed by atoms with Gasteiger partial charge in [-0.2, -0.15) is 0 Å². The predicted molar refractivity (Wildman–Crippen MR) is 222 cm³/mol. The van der Waals surface area contributed by atoms with Gasteiger partial charge >= 0.3 is 301 Å². The number of carbonyl (C=O) groups is 2. The molecule has 0 spiro atoms. The third-order valence-electron chi connectivity index (χ3n) is 9.05. The van der Waals surface area contributed by atoms with Crippen molar-refractivity contribution in [3.63, 3.8) is 0 Å². The zero-order valence-electron chi connectivity index (χ0n) is 32.3. The molecular weight excluding hydrogens is 886 g/mol. The standard InChI is InChI=1S/2C9H9O2.3C7H7.2C5H5.2Fe.Sb/c2*1-7(6-9(10)11)8-4-2-3-5-8;3*1-7-5-3-2-4-6-7;2*1-2-4-5-3-1;;;/h2*2-6H,1H3,(H,10,11);3*3-6H,1H3;2*1-5H;;;/q;;;;;;;3*+2/p-2/b2*7-6+;;;;;;;;. The largest absolute Gasteiger partial charge is 2.00 e. The van der Waals surface area contributed by atoms with Crippen molar-refractivity contribution >= 4 is 40.7 Å². The van der Waals surface area contributed by atoms with Crippen LogP contribution in [-0.4, -0.2) is 30.2 Å². The topological polar surface area (TPSA) is 52.6 Å². The molecule has 284 valence electrons. The average Bonchev–Trinajstić information content (AvgIpc) is 4.01. The molecule has 4 aliphatic carbocycles. The van der Waals surface area contributed by atoms with Crippen LogP contribution >= 0.6 is 0 Å². The van der Waals surface area contributed by atoms with Crippen molar-refractivity contribution in [1.82, 2.24) is 0 Å². The first-order chi connectivity index (χ1) is 26.1. The van der Waals surface area contributed by atoms with E-state index in [4.69, 9.17) is 6.03 Å². The summed E-state index contributed by atoms with van der Waals surface area (Å²) < 4.78 is 15.9. The molecule has 0 saturated heterocycles. The van der Waals surface area contributed by atoms with Crippen LogP contribution in [-0.2, 0) is 49.8 Å². The Labute approximate surface area is 362 Å². The Hall–Kier alpha value is -2.06. The van der Waals surface area contributed by atoms with E-state index in [0.29, 0.717) is 10.5 Å². The zero-order valence-corrected chi connectivity index (χ0v) is 37.0. The summed E-state index contributed by atoms with van der Waals surface area (Å²) in [6, 6.07) is 23.5.